The zero-order valence-electron chi connectivity index (χ0n) is 18.0. The second-order valence-electron chi connectivity index (χ2n) is 7.37. The Hall–Kier alpha value is -2.51. The van der Waals surface area contributed by atoms with Gasteiger partial charge < -0.3 is 25.2 Å². The Labute approximate surface area is 184 Å². The first-order valence-corrected chi connectivity index (χ1v) is 10.6. The van der Waals surface area contributed by atoms with Crippen LogP contribution in [0, 0.1) is 0 Å². The van der Waals surface area contributed by atoms with E-state index < -0.39 is 0 Å². The van der Waals surface area contributed by atoms with Crippen molar-refractivity contribution in [3.63, 3.8) is 0 Å². The topological polar surface area (TPSA) is 65.0 Å². The molecule has 0 radical (unpaired) electrons. The van der Waals surface area contributed by atoms with Crippen LogP contribution in [-0.2, 0) is 13.0 Å². The Balaban J connectivity index is 1.48. The van der Waals surface area contributed by atoms with Gasteiger partial charge in [-0.2, -0.15) is 0 Å². The lowest BCUT2D eigenvalue weighted by Gasteiger charge is -2.33. The average Bonchev–Trinajstić information content (AvgIpc) is 2.77. The van der Waals surface area contributed by atoms with E-state index in [4.69, 9.17) is 16.3 Å². The summed E-state index contributed by atoms with van der Waals surface area (Å²) in [6, 6.07) is 9.95. The summed E-state index contributed by atoms with van der Waals surface area (Å²) in [6.45, 7) is 5.58. The van der Waals surface area contributed by atoms with E-state index in [0.29, 0.717) is 11.6 Å². The summed E-state index contributed by atoms with van der Waals surface area (Å²) >= 11 is 6.32. The molecule has 30 heavy (non-hydrogen) atoms. The number of nitrogens with one attached hydrogen (secondary N) is 2. The van der Waals surface area contributed by atoms with E-state index in [1.165, 1.54) is 5.56 Å². The molecule has 7 nitrogen and oxygen atoms in total. The van der Waals surface area contributed by atoms with E-state index in [1.54, 1.807) is 14.2 Å². The molecule has 0 amide bonds. The van der Waals surface area contributed by atoms with Crippen molar-refractivity contribution in [3.05, 3.63) is 52.7 Å². The lowest BCUT2D eigenvalue weighted by molar-refractivity contribution is 0.312. The molecule has 1 fully saturated rings. The van der Waals surface area contributed by atoms with Gasteiger partial charge in [0.15, 0.2) is 5.96 Å². The first-order valence-electron chi connectivity index (χ1n) is 10.2. The van der Waals surface area contributed by atoms with Gasteiger partial charge >= 0.3 is 0 Å². The third-order valence-corrected chi connectivity index (χ3v) is 5.62. The van der Waals surface area contributed by atoms with E-state index in [0.717, 1.165) is 62.2 Å². The molecule has 1 aliphatic heterocycles. The molecular weight excluding hydrogens is 400 g/mol. The van der Waals surface area contributed by atoms with Crippen molar-refractivity contribution in [2.24, 2.45) is 4.99 Å². The number of benzene rings is 1. The van der Waals surface area contributed by atoms with E-state index in [1.807, 2.05) is 30.5 Å². The van der Waals surface area contributed by atoms with E-state index in [2.05, 4.69) is 43.5 Å². The molecule has 8 heteroatoms. The molecule has 1 aromatic carbocycles. The van der Waals surface area contributed by atoms with Gasteiger partial charge in [-0.25, -0.2) is 4.98 Å². The largest absolute Gasteiger partial charge is 0.497 e. The van der Waals surface area contributed by atoms with Crippen molar-refractivity contribution < 1.29 is 4.74 Å². The first-order chi connectivity index (χ1) is 14.6. The normalized spacial score (nSPS) is 15.2. The Morgan fingerprint density at radius 2 is 1.97 bits per heavy atom. The number of ether oxygens (including phenoxy) is 1. The molecule has 2 aromatic rings. The number of nitrogens with zero attached hydrogens (tertiary/aromatic N) is 4. The number of likely N-dealkylation sites (N-methyl/N-ethyl adjacent to an activating group) is 1. The van der Waals surface area contributed by atoms with Crippen LogP contribution in [0.25, 0.3) is 0 Å². The number of rotatable bonds is 7. The molecule has 2 heterocycles. The third-order valence-electron chi connectivity index (χ3n) is 5.27. The van der Waals surface area contributed by atoms with Gasteiger partial charge in [-0.15, -0.1) is 0 Å². The molecule has 0 saturated carbocycles. The summed E-state index contributed by atoms with van der Waals surface area (Å²) in [5, 5.41) is 7.43. The SMILES string of the molecule is CN=C(NCCc1ccc(OC)cc1Cl)NCc1ccnc(N2CCN(C)CC2)c1. The maximum absolute atomic E-state index is 6.32. The summed E-state index contributed by atoms with van der Waals surface area (Å²) in [5.74, 6) is 2.57. The number of methoxy groups -OCH3 is 1. The monoisotopic (exact) mass is 430 g/mol. The minimum atomic E-state index is 0.687. The highest BCUT2D eigenvalue weighted by Crippen LogP contribution is 2.22. The van der Waals surface area contributed by atoms with Crippen molar-refractivity contribution in [2.75, 3.05) is 58.8 Å². The van der Waals surface area contributed by atoms with Crippen LogP contribution in [0.5, 0.6) is 5.75 Å². The fourth-order valence-electron chi connectivity index (χ4n) is 3.36. The highest BCUT2D eigenvalue weighted by Gasteiger charge is 2.15. The Morgan fingerprint density at radius 1 is 1.17 bits per heavy atom. The van der Waals surface area contributed by atoms with Crippen molar-refractivity contribution in [3.8, 4) is 5.75 Å². The van der Waals surface area contributed by atoms with Crippen molar-refractivity contribution in [2.45, 2.75) is 13.0 Å². The highest BCUT2D eigenvalue weighted by atomic mass is 35.5. The summed E-state index contributed by atoms with van der Waals surface area (Å²) in [6.07, 6.45) is 2.68. The third kappa shape index (κ3) is 6.24. The molecule has 0 unspecified atom stereocenters. The van der Waals surface area contributed by atoms with Crippen molar-refractivity contribution in [1.82, 2.24) is 20.5 Å². The zero-order chi connectivity index (χ0) is 21.3. The Morgan fingerprint density at radius 3 is 2.67 bits per heavy atom. The summed E-state index contributed by atoms with van der Waals surface area (Å²) in [5.41, 5.74) is 2.26. The average molecular weight is 431 g/mol. The summed E-state index contributed by atoms with van der Waals surface area (Å²) in [4.78, 5) is 13.6. The summed E-state index contributed by atoms with van der Waals surface area (Å²) in [7, 11) is 5.57. The number of hydrogen-bond acceptors (Lipinski definition) is 5. The van der Waals surface area contributed by atoms with Crippen LogP contribution in [0.2, 0.25) is 5.02 Å². The quantitative estimate of drug-likeness (QED) is 0.519. The fraction of sp³-hybridized carbons (Fsp3) is 0.455. The molecule has 0 atom stereocenters. The maximum Gasteiger partial charge on any atom is 0.191 e. The molecule has 1 aromatic heterocycles. The highest BCUT2D eigenvalue weighted by molar-refractivity contribution is 6.31. The molecule has 0 aliphatic carbocycles. The van der Waals surface area contributed by atoms with Gasteiger partial charge in [0.1, 0.15) is 11.6 Å². The predicted molar refractivity (Wildman–Crippen MR) is 124 cm³/mol. The number of aliphatic imine (C=N–C) groups is 1. The lowest BCUT2D eigenvalue weighted by Crippen LogP contribution is -2.44. The van der Waals surface area contributed by atoms with Gasteiger partial charge in [0.25, 0.3) is 0 Å². The fourth-order valence-corrected chi connectivity index (χ4v) is 3.62. The lowest BCUT2D eigenvalue weighted by atomic mass is 10.1. The van der Waals surface area contributed by atoms with Gasteiger partial charge in [-0.1, -0.05) is 17.7 Å². The van der Waals surface area contributed by atoms with Gasteiger partial charge in [0, 0.05) is 57.5 Å². The summed E-state index contributed by atoms with van der Waals surface area (Å²) < 4.78 is 5.20. The predicted octanol–water partition coefficient (Wildman–Crippen LogP) is 2.40. The maximum atomic E-state index is 6.32. The molecule has 3 rings (SSSR count). The first kappa shape index (κ1) is 22.2. The van der Waals surface area contributed by atoms with Crippen LogP contribution >= 0.6 is 11.6 Å². The van der Waals surface area contributed by atoms with Gasteiger partial charge in [0.2, 0.25) is 0 Å². The van der Waals surface area contributed by atoms with E-state index in [9.17, 15) is 0 Å². The zero-order valence-corrected chi connectivity index (χ0v) is 18.7. The number of pyridine rings is 1. The number of guanidine groups is 1. The van der Waals surface area contributed by atoms with Crippen LogP contribution in [0.4, 0.5) is 5.82 Å². The van der Waals surface area contributed by atoms with Crippen LogP contribution < -0.4 is 20.3 Å². The molecular formula is C22H31ClN6O. The number of anilines is 1. The van der Waals surface area contributed by atoms with Crippen LogP contribution in [0.15, 0.2) is 41.5 Å². The van der Waals surface area contributed by atoms with Crippen LogP contribution in [0.1, 0.15) is 11.1 Å². The number of aromatic nitrogens is 1. The molecule has 0 spiro atoms. The minimum absolute atomic E-state index is 0.687. The van der Waals surface area contributed by atoms with Gasteiger partial charge in [-0.05, 0) is 48.9 Å². The molecule has 1 saturated heterocycles. The molecule has 1 aliphatic rings. The van der Waals surface area contributed by atoms with Gasteiger partial charge in [0.05, 0.1) is 7.11 Å². The Bertz CT molecular complexity index is 851. The van der Waals surface area contributed by atoms with Crippen molar-refractivity contribution in [1.29, 1.82) is 0 Å². The van der Waals surface area contributed by atoms with Gasteiger partial charge in [-0.3, -0.25) is 4.99 Å². The van der Waals surface area contributed by atoms with Crippen molar-refractivity contribution >= 4 is 23.4 Å². The standard InChI is InChI=1S/C22H31ClN6O/c1-24-22(26-9-7-18-4-5-19(30-3)15-20(18)23)27-16-17-6-8-25-21(14-17)29-12-10-28(2)11-13-29/h4-6,8,14-15H,7,9-13,16H2,1-3H3,(H2,24,26,27). The number of hydrogen-bond donors (Lipinski definition) is 2. The number of piperazine rings is 1. The second-order valence-corrected chi connectivity index (χ2v) is 7.78. The minimum Gasteiger partial charge on any atom is -0.497 e. The molecule has 162 valence electrons. The Kier molecular flexibility index (Phi) is 8.16. The molecule has 2 N–H and O–H groups in total. The van der Waals surface area contributed by atoms with Crippen LogP contribution in [-0.4, -0.2) is 69.8 Å². The second kappa shape index (κ2) is 11.0. The van der Waals surface area contributed by atoms with Crippen LogP contribution in [0.3, 0.4) is 0 Å². The van der Waals surface area contributed by atoms with E-state index in [-0.39, 0.29) is 0 Å². The number of halogens is 1. The van der Waals surface area contributed by atoms with E-state index >= 15 is 0 Å². The smallest absolute Gasteiger partial charge is 0.191 e. The molecule has 0 bridgehead atoms.